The number of amides is 2. The molecule has 0 bridgehead atoms. The van der Waals surface area contributed by atoms with Gasteiger partial charge in [0.1, 0.15) is 17.6 Å². The number of rotatable bonds is 4. The Hall–Kier alpha value is -2.47. The van der Waals surface area contributed by atoms with Crippen LogP contribution < -0.4 is 10.2 Å². The van der Waals surface area contributed by atoms with Gasteiger partial charge in [-0.3, -0.25) is 9.59 Å². The van der Waals surface area contributed by atoms with E-state index in [-0.39, 0.29) is 12.5 Å². The third-order valence-electron chi connectivity index (χ3n) is 4.03. The Kier molecular flexibility index (Phi) is 4.99. The van der Waals surface area contributed by atoms with Gasteiger partial charge in [0.05, 0.1) is 0 Å². The van der Waals surface area contributed by atoms with E-state index >= 15 is 0 Å². The van der Waals surface area contributed by atoms with E-state index < -0.39 is 23.5 Å². The van der Waals surface area contributed by atoms with Crippen molar-refractivity contribution in [3.8, 4) is 0 Å². The lowest BCUT2D eigenvalue weighted by atomic mass is 10.1. The fourth-order valence-corrected chi connectivity index (χ4v) is 3.03. The van der Waals surface area contributed by atoms with Crippen LogP contribution >= 0.6 is 11.6 Å². The van der Waals surface area contributed by atoms with Gasteiger partial charge in [0, 0.05) is 29.9 Å². The molecule has 1 unspecified atom stereocenters. The molecule has 1 aliphatic heterocycles. The molecular formula is C18H15ClF2N2O2. The summed E-state index contributed by atoms with van der Waals surface area (Å²) in [6.07, 6.45) is 0.370. The summed E-state index contributed by atoms with van der Waals surface area (Å²) in [6.45, 7) is 0.361. The van der Waals surface area contributed by atoms with Crippen LogP contribution in [0.2, 0.25) is 5.02 Å². The molecule has 0 saturated carbocycles. The minimum Gasteiger partial charge on any atom is -0.351 e. The van der Waals surface area contributed by atoms with E-state index in [4.69, 9.17) is 11.6 Å². The lowest BCUT2D eigenvalue weighted by Crippen LogP contribution is -2.36. The zero-order chi connectivity index (χ0) is 18.0. The quantitative estimate of drug-likeness (QED) is 0.846. The van der Waals surface area contributed by atoms with Gasteiger partial charge in [0.15, 0.2) is 0 Å². The average Bonchev–Trinajstić information content (AvgIpc) is 2.93. The highest BCUT2D eigenvalue weighted by molar-refractivity contribution is 6.31. The molecule has 1 saturated heterocycles. The molecule has 1 aliphatic rings. The summed E-state index contributed by atoms with van der Waals surface area (Å²) < 4.78 is 26.3. The molecule has 7 heteroatoms. The molecule has 3 rings (SSSR count). The zero-order valence-electron chi connectivity index (χ0n) is 13.1. The van der Waals surface area contributed by atoms with Crippen LogP contribution in [-0.2, 0) is 16.1 Å². The van der Waals surface area contributed by atoms with Crippen LogP contribution in [0.1, 0.15) is 12.0 Å². The van der Waals surface area contributed by atoms with Gasteiger partial charge < -0.3 is 10.2 Å². The fraction of sp³-hybridized carbons (Fsp3) is 0.222. The summed E-state index contributed by atoms with van der Waals surface area (Å²) >= 11 is 5.93. The van der Waals surface area contributed by atoms with E-state index in [0.29, 0.717) is 29.2 Å². The summed E-state index contributed by atoms with van der Waals surface area (Å²) in [7, 11) is 0. The van der Waals surface area contributed by atoms with Gasteiger partial charge >= 0.3 is 0 Å². The molecule has 2 aromatic rings. The van der Waals surface area contributed by atoms with Crippen LogP contribution in [0.3, 0.4) is 0 Å². The van der Waals surface area contributed by atoms with Crippen LogP contribution in [0, 0.1) is 17.6 Å². The van der Waals surface area contributed by atoms with Gasteiger partial charge in [-0.1, -0.05) is 17.7 Å². The smallest absolute Gasteiger partial charge is 0.239 e. The van der Waals surface area contributed by atoms with Gasteiger partial charge in [-0.2, -0.15) is 0 Å². The number of nitrogens with one attached hydrogen (secondary N) is 1. The van der Waals surface area contributed by atoms with E-state index in [1.807, 2.05) is 0 Å². The van der Waals surface area contributed by atoms with Gasteiger partial charge in [-0.05, 0) is 42.3 Å². The number of anilines is 1. The van der Waals surface area contributed by atoms with Crippen LogP contribution in [-0.4, -0.2) is 18.4 Å². The predicted molar refractivity (Wildman–Crippen MR) is 90.1 cm³/mol. The average molecular weight is 365 g/mol. The van der Waals surface area contributed by atoms with Crippen molar-refractivity contribution in [3.05, 3.63) is 64.7 Å². The molecule has 1 fully saturated rings. The number of nitrogens with zero attached hydrogens (tertiary/aromatic N) is 1. The summed E-state index contributed by atoms with van der Waals surface area (Å²) in [5, 5.41) is 3.07. The normalized spacial score (nSPS) is 17.0. The monoisotopic (exact) mass is 364 g/mol. The fourth-order valence-electron chi connectivity index (χ4n) is 2.85. The minimum atomic E-state index is -0.822. The van der Waals surface area contributed by atoms with Crippen molar-refractivity contribution in [1.82, 2.24) is 5.32 Å². The second kappa shape index (κ2) is 7.19. The van der Waals surface area contributed by atoms with Crippen molar-refractivity contribution in [2.45, 2.75) is 13.0 Å². The zero-order valence-corrected chi connectivity index (χ0v) is 13.9. The second-order valence-electron chi connectivity index (χ2n) is 5.81. The number of carbonyl (C=O) groups excluding carboxylic acids is 2. The highest BCUT2D eigenvalue weighted by Gasteiger charge is 2.37. The second-order valence-corrected chi connectivity index (χ2v) is 6.24. The van der Waals surface area contributed by atoms with Gasteiger partial charge in [-0.25, -0.2) is 8.78 Å². The SMILES string of the molecule is O=C(NCc1cc(F)cc(F)c1)C1CCN(c2cccc(Cl)c2)C1=O. The lowest BCUT2D eigenvalue weighted by molar-refractivity contribution is -0.132. The molecule has 0 aliphatic carbocycles. The number of carbonyl (C=O) groups is 2. The largest absolute Gasteiger partial charge is 0.351 e. The Morgan fingerprint density at radius 2 is 1.92 bits per heavy atom. The Balaban J connectivity index is 1.64. The van der Waals surface area contributed by atoms with Crippen molar-refractivity contribution in [2.24, 2.45) is 5.92 Å². The van der Waals surface area contributed by atoms with Crippen LogP contribution in [0.4, 0.5) is 14.5 Å². The third-order valence-corrected chi connectivity index (χ3v) is 4.27. The Labute approximate surface area is 148 Å². The van der Waals surface area contributed by atoms with Crippen LogP contribution in [0.25, 0.3) is 0 Å². The summed E-state index contributed by atoms with van der Waals surface area (Å²) in [6, 6.07) is 9.88. The van der Waals surface area contributed by atoms with E-state index in [1.165, 1.54) is 4.90 Å². The molecule has 0 spiro atoms. The summed E-state index contributed by atoms with van der Waals surface area (Å²) in [5.74, 6) is -3.02. The predicted octanol–water partition coefficient (Wildman–Crippen LogP) is 3.29. The van der Waals surface area contributed by atoms with Crippen molar-refractivity contribution in [3.63, 3.8) is 0 Å². The molecule has 130 valence electrons. The van der Waals surface area contributed by atoms with E-state index in [2.05, 4.69) is 5.32 Å². The molecule has 1 N–H and O–H groups in total. The molecule has 0 radical (unpaired) electrons. The minimum absolute atomic E-state index is 0.0472. The molecule has 1 atom stereocenters. The molecule has 0 aromatic heterocycles. The van der Waals surface area contributed by atoms with Gasteiger partial charge in [0.2, 0.25) is 11.8 Å². The first-order valence-corrected chi connectivity index (χ1v) is 8.11. The molecule has 4 nitrogen and oxygen atoms in total. The summed E-state index contributed by atoms with van der Waals surface area (Å²) in [4.78, 5) is 26.3. The number of hydrogen-bond donors (Lipinski definition) is 1. The van der Waals surface area contributed by atoms with Crippen molar-refractivity contribution in [2.75, 3.05) is 11.4 Å². The van der Waals surface area contributed by atoms with E-state index in [0.717, 1.165) is 18.2 Å². The maximum Gasteiger partial charge on any atom is 0.239 e. The highest BCUT2D eigenvalue weighted by atomic mass is 35.5. The van der Waals surface area contributed by atoms with Crippen molar-refractivity contribution < 1.29 is 18.4 Å². The first-order valence-electron chi connectivity index (χ1n) is 7.73. The van der Waals surface area contributed by atoms with Crippen LogP contribution in [0.5, 0.6) is 0 Å². The Morgan fingerprint density at radius 1 is 1.20 bits per heavy atom. The maximum absolute atomic E-state index is 13.2. The molecule has 2 aromatic carbocycles. The summed E-state index contributed by atoms with van der Waals surface area (Å²) in [5.41, 5.74) is 0.933. The van der Waals surface area contributed by atoms with E-state index in [1.54, 1.807) is 24.3 Å². The molecular weight excluding hydrogens is 350 g/mol. The topological polar surface area (TPSA) is 49.4 Å². The first-order chi connectivity index (χ1) is 11.9. The number of hydrogen-bond acceptors (Lipinski definition) is 2. The molecule has 25 heavy (non-hydrogen) atoms. The third kappa shape index (κ3) is 3.96. The molecule has 1 heterocycles. The van der Waals surface area contributed by atoms with E-state index in [9.17, 15) is 18.4 Å². The van der Waals surface area contributed by atoms with Gasteiger partial charge in [-0.15, -0.1) is 0 Å². The van der Waals surface area contributed by atoms with Crippen LogP contribution in [0.15, 0.2) is 42.5 Å². The van der Waals surface area contributed by atoms with Gasteiger partial charge in [0.25, 0.3) is 0 Å². The Bertz CT molecular complexity index is 808. The highest BCUT2D eigenvalue weighted by Crippen LogP contribution is 2.27. The lowest BCUT2D eigenvalue weighted by Gasteiger charge is -2.17. The first kappa shape index (κ1) is 17.4. The maximum atomic E-state index is 13.2. The number of benzene rings is 2. The Morgan fingerprint density at radius 3 is 2.60 bits per heavy atom. The molecule has 2 amide bonds. The standard InChI is InChI=1S/C18H15ClF2N2O2/c19-12-2-1-3-15(8-12)23-5-4-16(18(23)25)17(24)22-10-11-6-13(20)9-14(21)7-11/h1-3,6-9,16H,4-5,10H2,(H,22,24). The van der Waals surface area contributed by atoms with Crippen molar-refractivity contribution in [1.29, 1.82) is 0 Å². The van der Waals surface area contributed by atoms with Crippen molar-refractivity contribution >= 4 is 29.1 Å². The number of halogens is 3.